The Labute approximate surface area is 119 Å². The normalized spacial score (nSPS) is 21.4. The van der Waals surface area contributed by atoms with Crippen LogP contribution in [0, 0.1) is 6.92 Å². The van der Waals surface area contributed by atoms with E-state index in [0.29, 0.717) is 6.54 Å². The van der Waals surface area contributed by atoms with Crippen molar-refractivity contribution in [2.45, 2.75) is 44.7 Å². The van der Waals surface area contributed by atoms with Crippen molar-refractivity contribution in [1.82, 2.24) is 10.2 Å². The van der Waals surface area contributed by atoms with E-state index >= 15 is 0 Å². The van der Waals surface area contributed by atoms with Crippen LogP contribution in [0.3, 0.4) is 0 Å². The van der Waals surface area contributed by atoms with Gasteiger partial charge in [0.1, 0.15) is 5.54 Å². The van der Waals surface area contributed by atoms with E-state index in [1.54, 1.807) is 0 Å². The van der Waals surface area contributed by atoms with E-state index in [9.17, 15) is 9.59 Å². The van der Waals surface area contributed by atoms with E-state index in [1.165, 1.54) is 5.56 Å². The Hall–Kier alpha value is -1.84. The lowest BCUT2D eigenvalue weighted by molar-refractivity contribution is -0.154. The molecule has 0 atom stereocenters. The van der Waals surface area contributed by atoms with Crippen molar-refractivity contribution < 1.29 is 9.59 Å². The van der Waals surface area contributed by atoms with Gasteiger partial charge in [0.05, 0.1) is 6.54 Å². The molecule has 0 unspecified atom stereocenters. The zero-order valence-corrected chi connectivity index (χ0v) is 11.8. The van der Waals surface area contributed by atoms with Gasteiger partial charge in [0.25, 0.3) is 0 Å². The van der Waals surface area contributed by atoms with Crippen LogP contribution in [0.25, 0.3) is 0 Å². The molecule has 1 aliphatic heterocycles. The fourth-order valence-corrected chi connectivity index (χ4v) is 3.43. The van der Waals surface area contributed by atoms with E-state index in [2.05, 4.69) is 5.32 Å². The zero-order valence-electron chi connectivity index (χ0n) is 11.8. The van der Waals surface area contributed by atoms with Gasteiger partial charge >= 0.3 is 0 Å². The van der Waals surface area contributed by atoms with Crippen LogP contribution < -0.4 is 5.32 Å². The molecule has 4 heteroatoms. The summed E-state index contributed by atoms with van der Waals surface area (Å²) >= 11 is 0. The number of hydrogen-bond acceptors (Lipinski definition) is 2. The van der Waals surface area contributed by atoms with E-state index in [-0.39, 0.29) is 18.4 Å². The van der Waals surface area contributed by atoms with Crippen LogP contribution in [0.2, 0.25) is 0 Å². The molecular formula is C16H20N2O2. The summed E-state index contributed by atoms with van der Waals surface area (Å²) < 4.78 is 0. The minimum atomic E-state index is -0.600. The number of piperazine rings is 1. The first kappa shape index (κ1) is 13.2. The predicted octanol–water partition coefficient (Wildman–Crippen LogP) is 1.77. The highest BCUT2D eigenvalue weighted by molar-refractivity contribution is 5.98. The van der Waals surface area contributed by atoms with E-state index < -0.39 is 5.54 Å². The maximum absolute atomic E-state index is 12.3. The second kappa shape index (κ2) is 4.93. The lowest BCUT2D eigenvalue weighted by atomic mass is 9.90. The zero-order chi connectivity index (χ0) is 14.2. The number of benzene rings is 1. The summed E-state index contributed by atoms with van der Waals surface area (Å²) in [4.78, 5) is 26.5. The molecule has 1 aromatic rings. The van der Waals surface area contributed by atoms with Gasteiger partial charge in [-0.1, -0.05) is 37.1 Å². The maximum Gasteiger partial charge on any atom is 0.246 e. The van der Waals surface area contributed by atoms with Crippen molar-refractivity contribution >= 4 is 11.8 Å². The minimum Gasteiger partial charge on any atom is -0.345 e. The fraction of sp³-hybridized carbons (Fsp3) is 0.500. The molecule has 20 heavy (non-hydrogen) atoms. The third-order valence-electron chi connectivity index (χ3n) is 4.66. The van der Waals surface area contributed by atoms with Crippen molar-refractivity contribution in [3.8, 4) is 0 Å². The van der Waals surface area contributed by atoms with Crippen LogP contribution >= 0.6 is 0 Å². The molecule has 0 bridgehead atoms. The standard InChI is InChI=1S/C16H20N2O2/c1-12-6-2-3-7-13(12)11-18-14(19)10-17-15(20)16(18)8-4-5-9-16/h2-3,6-7H,4-5,8-11H2,1H3,(H,17,20). The van der Waals surface area contributed by atoms with Crippen LogP contribution in [0.4, 0.5) is 0 Å². The first-order valence-corrected chi connectivity index (χ1v) is 7.27. The van der Waals surface area contributed by atoms with Gasteiger partial charge in [-0.15, -0.1) is 0 Å². The molecule has 106 valence electrons. The maximum atomic E-state index is 12.3. The smallest absolute Gasteiger partial charge is 0.246 e. The van der Waals surface area contributed by atoms with Gasteiger partial charge in [0, 0.05) is 6.54 Å². The number of hydrogen-bond donors (Lipinski definition) is 1. The van der Waals surface area contributed by atoms with Gasteiger partial charge in [-0.05, 0) is 30.9 Å². The van der Waals surface area contributed by atoms with Crippen LogP contribution in [0.1, 0.15) is 36.8 Å². The summed E-state index contributed by atoms with van der Waals surface area (Å²) in [6.07, 6.45) is 3.61. The first-order chi connectivity index (χ1) is 9.63. The number of nitrogens with one attached hydrogen (secondary N) is 1. The molecule has 2 fully saturated rings. The molecule has 0 radical (unpaired) electrons. The number of carbonyl (C=O) groups excluding carboxylic acids is 2. The van der Waals surface area contributed by atoms with Crippen molar-refractivity contribution in [3.63, 3.8) is 0 Å². The monoisotopic (exact) mass is 272 g/mol. The van der Waals surface area contributed by atoms with Crippen molar-refractivity contribution in [3.05, 3.63) is 35.4 Å². The SMILES string of the molecule is Cc1ccccc1CN1C(=O)CNC(=O)C12CCCC2. The highest BCUT2D eigenvalue weighted by Crippen LogP contribution is 2.38. The second-order valence-electron chi connectivity index (χ2n) is 5.83. The fourth-order valence-electron chi connectivity index (χ4n) is 3.43. The van der Waals surface area contributed by atoms with Gasteiger partial charge in [0.2, 0.25) is 11.8 Å². The van der Waals surface area contributed by atoms with E-state index in [4.69, 9.17) is 0 Å². The average molecular weight is 272 g/mol. The molecule has 2 aliphatic rings. The molecular weight excluding hydrogens is 252 g/mol. The lowest BCUT2D eigenvalue weighted by Crippen LogP contribution is -2.65. The van der Waals surface area contributed by atoms with E-state index in [0.717, 1.165) is 31.2 Å². The highest BCUT2D eigenvalue weighted by Gasteiger charge is 2.50. The molecule has 1 saturated carbocycles. The third-order valence-corrected chi connectivity index (χ3v) is 4.66. The molecule has 1 heterocycles. The molecule has 1 spiro atoms. The summed E-state index contributed by atoms with van der Waals surface area (Å²) in [7, 11) is 0. The third kappa shape index (κ3) is 1.99. The molecule has 1 aromatic carbocycles. The molecule has 3 rings (SSSR count). The lowest BCUT2D eigenvalue weighted by Gasteiger charge is -2.43. The molecule has 1 saturated heterocycles. The molecule has 1 aliphatic carbocycles. The van der Waals surface area contributed by atoms with Crippen LogP contribution in [0.15, 0.2) is 24.3 Å². The average Bonchev–Trinajstić information content (AvgIpc) is 2.92. The van der Waals surface area contributed by atoms with Crippen molar-refractivity contribution in [1.29, 1.82) is 0 Å². The van der Waals surface area contributed by atoms with Gasteiger partial charge < -0.3 is 10.2 Å². The molecule has 1 N–H and O–H groups in total. The van der Waals surface area contributed by atoms with E-state index in [1.807, 2.05) is 36.1 Å². The molecule has 2 amide bonds. The first-order valence-electron chi connectivity index (χ1n) is 7.27. The largest absolute Gasteiger partial charge is 0.345 e. The van der Waals surface area contributed by atoms with Gasteiger partial charge in [-0.3, -0.25) is 9.59 Å². The topological polar surface area (TPSA) is 49.4 Å². The number of carbonyl (C=O) groups is 2. The summed E-state index contributed by atoms with van der Waals surface area (Å²) in [5, 5.41) is 2.76. The van der Waals surface area contributed by atoms with Crippen LogP contribution in [0.5, 0.6) is 0 Å². The predicted molar refractivity (Wildman–Crippen MR) is 75.9 cm³/mol. The quantitative estimate of drug-likeness (QED) is 0.892. The minimum absolute atomic E-state index is 0.0307. The Morgan fingerprint density at radius 1 is 1.20 bits per heavy atom. The highest BCUT2D eigenvalue weighted by atomic mass is 16.2. The van der Waals surface area contributed by atoms with Crippen molar-refractivity contribution in [2.75, 3.05) is 6.54 Å². The summed E-state index contributed by atoms with van der Waals surface area (Å²) in [5.74, 6) is 0.0675. The Bertz CT molecular complexity index is 547. The Morgan fingerprint density at radius 2 is 1.90 bits per heavy atom. The Kier molecular flexibility index (Phi) is 3.24. The molecule has 0 aromatic heterocycles. The number of aryl methyl sites for hydroxylation is 1. The Morgan fingerprint density at radius 3 is 2.60 bits per heavy atom. The number of nitrogens with zero attached hydrogens (tertiary/aromatic N) is 1. The molecule has 4 nitrogen and oxygen atoms in total. The Balaban J connectivity index is 1.94. The second-order valence-corrected chi connectivity index (χ2v) is 5.83. The number of rotatable bonds is 2. The van der Waals surface area contributed by atoms with Crippen molar-refractivity contribution in [2.24, 2.45) is 0 Å². The summed E-state index contributed by atoms with van der Waals surface area (Å²) in [6.45, 7) is 2.72. The number of amides is 2. The van der Waals surface area contributed by atoms with Crippen LogP contribution in [-0.2, 0) is 16.1 Å². The summed E-state index contributed by atoms with van der Waals surface area (Å²) in [6, 6.07) is 8.07. The van der Waals surface area contributed by atoms with Gasteiger partial charge in [-0.25, -0.2) is 0 Å². The van der Waals surface area contributed by atoms with Crippen LogP contribution in [-0.4, -0.2) is 28.8 Å². The summed E-state index contributed by atoms with van der Waals surface area (Å²) in [5.41, 5.74) is 1.69. The van der Waals surface area contributed by atoms with Gasteiger partial charge in [-0.2, -0.15) is 0 Å². The van der Waals surface area contributed by atoms with Gasteiger partial charge in [0.15, 0.2) is 0 Å².